The number of carbonyl (C=O) groups is 1. The van der Waals surface area contributed by atoms with Gasteiger partial charge in [0.25, 0.3) is 0 Å². The Labute approximate surface area is 129 Å². The first-order valence-electron chi connectivity index (χ1n) is 6.54. The molecule has 7 heteroatoms. The van der Waals surface area contributed by atoms with Crippen molar-refractivity contribution in [3.63, 3.8) is 0 Å². The van der Waals surface area contributed by atoms with Crippen molar-refractivity contribution in [2.75, 3.05) is 7.11 Å². The Morgan fingerprint density at radius 1 is 1.23 bits per heavy atom. The largest absolute Gasteiger partial charge is 0.465 e. The third kappa shape index (κ3) is 3.69. The van der Waals surface area contributed by atoms with E-state index in [1.54, 1.807) is 31.5 Å². The zero-order valence-electron chi connectivity index (χ0n) is 12.2. The number of benzene rings is 1. The molecule has 0 saturated heterocycles. The van der Waals surface area contributed by atoms with E-state index in [1.807, 2.05) is 0 Å². The summed E-state index contributed by atoms with van der Waals surface area (Å²) in [4.78, 5) is 15.4. The Balaban J connectivity index is 2.25. The van der Waals surface area contributed by atoms with Crippen LogP contribution in [-0.2, 0) is 14.8 Å². The van der Waals surface area contributed by atoms with Crippen molar-refractivity contribution in [1.82, 2.24) is 9.71 Å². The van der Waals surface area contributed by atoms with Gasteiger partial charge in [0.15, 0.2) is 0 Å². The van der Waals surface area contributed by atoms with Gasteiger partial charge in [0.05, 0.1) is 17.6 Å². The van der Waals surface area contributed by atoms with E-state index in [2.05, 4.69) is 14.4 Å². The third-order valence-electron chi connectivity index (χ3n) is 3.10. The van der Waals surface area contributed by atoms with Crippen LogP contribution in [0.15, 0.2) is 53.7 Å². The fourth-order valence-electron chi connectivity index (χ4n) is 1.93. The van der Waals surface area contributed by atoms with Crippen LogP contribution in [0.5, 0.6) is 0 Å². The fourth-order valence-corrected chi connectivity index (χ4v) is 3.21. The van der Waals surface area contributed by atoms with Crippen molar-refractivity contribution in [2.24, 2.45) is 0 Å². The SMILES string of the molecule is COC(=O)c1cccc(S(=O)(=O)N[C@@H](C)c2ccncc2)c1. The lowest BCUT2D eigenvalue weighted by Crippen LogP contribution is -2.27. The number of methoxy groups -OCH3 is 1. The topological polar surface area (TPSA) is 85.4 Å². The molecular weight excluding hydrogens is 304 g/mol. The Kier molecular flexibility index (Phi) is 4.89. The van der Waals surface area contributed by atoms with Crippen LogP contribution in [0.4, 0.5) is 0 Å². The van der Waals surface area contributed by atoms with Crippen molar-refractivity contribution in [1.29, 1.82) is 0 Å². The summed E-state index contributed by atoms with van der Waals surface area (Å²) < 4.78 is 32.0. The molecule has 1 heterocycles. The number of rotatable bonds is 5. The summed E-state index contributed by atoms with van der Waals surface area (Å²) in [6.07, 6.45) is 3.19. The van der Waals surface area contributed by atoms with E-state index in [1.165, 1.54) is 31.4 Å². The van der Waals surface area contributed by atoms with Crippen molar-refractivity contribution < 1.29 is 17.9 Å². The van der Waals surface area contributed by atoms with Crippen LogP contribution in [0.1, 0.15) is 28.9 Å². The van der Waals surface area contributed by atoms with Crippen LogP contribution < -0.4 is 4.72 Å². The van der Waals surface area contributed by atoms with Gasteiger partial charge in [-0.25, -0.2) is 17.9 Å². The molecule has 0 aliphatic rings. The summed E-state index contributed by atoms with van der Waals surface area (Å²) in [5.41, 5.74) is 0.977. The van der Waals surface area contributed by atoms with E-state index in [0.717, 1.165) is 5.56 Å². The van der Waals surface area contributed by atoms with Gasteiger partial charge in [-0.15, -0.1) is 0 Å². The molecule has 0 aliphatic heterocycles. The molecule has 0 bridgehead atoms. The number of nitrogens with one attached hydrogen (secondary N) is 1. The number of hydrogen-bond acceptors (Lipinski definition) is 5. The number of hydrogen-bond donors (Lipinski definition) is 1. The monoisotopic (exact) mass is 320 g/mol. The van der Waals surface area contributed by atoms with Gasteiger partial charge in [0.2, 0.25) is 10.0 Å². The average Bonchev–Trinajstić information content (AvgIpc) is 2.54. The molecule has 0 radical (unpaired) electrons. The Hall–Kier alpha value is -2.25. The van der Waals surface area contributed by atoms with Crippen LogP contribution in [0.2, 0.25) is 0 Å². The van der Waals surface area contributed by atoms with E-state index in [9.17, 15) is 13.2 Å². The fraction of sp³-hybridized carbons (Fsp3) is 0.200. The first-order valence-corrected chi connectivity index (χ1v) is 8.03. The number of sulfonamides is 1. The molecule has 6 nitrogen and oxygen atoms in total. The number of esters is 1. The first kappa shape index (κ1) is 16.1. The maximum absolute atomic E-state index is 12.4. The van der Waals surface area contributed by atoms with Gasteiger partial charge in [0.1, 0.15) is 0 Å². The van der Waals surface area contributed by atoms with Crippen LogP contribution in [-0.4, -0.2) is 26.5 Å². The molecule has 2 rings (SSSR count). The third-order valence-corrected chi connectivity index (χ3v) is 4.64. The number of aromatic nitrogens is 1. The van der Waals surface area contributed by atoms with Crippen LogP contribution in [0, 0.1) is 0 Å². The standard InChI is InChI=1S/C15H16N2O4S/c1-11(12-6-8-16-9-7-12)17-22(19,20)14-5-3-4-13(10-14)15(18)21-2/h3-11,17H,1-2H3/t11-/m0/s1. The van der Waals surface area contributed by atoms with Crippen molar-refractivity contribution in [2.45, 2.75) is 17.9 Å². The Morgan fingerprint density at radius 2 is 1.91 bits per heavy atom. The number of ether oxygens (including phenoxy) is 1. The minimum atomic E-state index is -3.75. The van der Waals surface area contributed by atoms with E-state index in [0.29, 0.717) is 0 Å². The lowest BCUT2D eigenvalue weighted by molar-refractivity contribution is 0.0600. The predicted molar refractivity (Wildman–Crippen MR) is 80.8 cm³/mol. The van der Waals surface area contributed by atoms with Crippen molar-refractivity contribution >= 4 is 16.0 Å². The molecule has 22 heavy (non-hydrogen) atoms. The average molecular weight is 320 g/mol. The van der Waals surface area contributed by atoms with Gasteiger partial charge in [0, 0.05) is 18.4 Å². The van der Waals surface area contributed by atoms with E-state index < -0.39 is 22.0 Å². The molecule has 0 saturated carbocycles. The first-order chi connectivity index (χ1) is 10.4. The minimum absolute atomic E-state index is 0.0105. The number of pyridine rings is 1. The highest BCUT2D eigenvalue weighted by atomic mass is 32.2. The van der Waals surface area contributed by atoms with E-state index in [-0.39, 0.29) is 10.5 Å². The maximum Gasteiger partial charge on any atom is 0.337 e. The van der Waals surface area contributed by atoms with E-state index >= 15 is 0 Å². The smallest absolute Gasteiger partial charge is 0.337 e. The highest BCUT2D eigenvalue weighted by molar-refractivity contribution is 7.89. The van der Waals surface area contributed by atoms with E-state index in [4.69, 9.17) is 0 Å². The molecule has 1 N–H and O–H groups in total. The van der Waals surface area contributed by atoms with Crippen LogP contribution in [0.3, 0.4) is 0 Å². The quantitative estimate of drug-likeness (QED) is 0.851. The summed E-state index contributed by atoms with van der Waals surface area (Å²) in [7, 11) is -2.51. The molecule has 1 atom stereocenters. The molecule has 0 spiro atoms. The highest BCUT2D eigenvalue weighted by Gasteiger charge is 2.19. The summed E-state index contributed by atoms with van der Waals surface area (Å²) >= 11 is 0. The second-order valence-electron chi connectivity index (χ2n) is 4.64. The number of carbonyl (C=O) groups excluding carboxylic acids is 1. The molecule has 0 amide bonds. The van der Waals surface area contributed by atoms with Crippen LogP contribution >= 0.6 is 0 Å². The molecule has 0 aliphatic carbocycles. The number of nitrogens with zero attached hydrogens (tertiary/aromatic N) is 1. The Bertz CT molecular complexity index is 760. The van der Waals surface area contributed by atoms with Crippen molar-refractivity contribution in [3.8, 4) is 0 Å². The summed E-state index contributed by atoms with van der Waals surface area (Å²) in [5.74, 6) is -0.584. The summed E-state index contributed by atoms with van der Waals surface area (Å²) in [5, 5.41) is 0. The van der Waals surface area contributed by atoms with Gasteiger partial charge in [-0.2, -0.15) is 0 Å². The normalized spacial score (nSPS) is 12.6. The zero-order chi connectivity index (χ0) is 16.2. The van der Waals surface area contributed by atoms with Gasteiger partial charge in [-0.05, 0) is 42.8 Å². The molecule has 0 fully saturated rings. The van der Waals surface area contributed by atoms with Gasteiger partial charge < -0.3 is 4.74 Å². The predicted octanol–water partition coefficient (Wildman–Crippen LogP) is 1.91. The second-order valence-corrected chi connectivity index (χ2v) is 6.36. The second kappa shape index (κ2) is 6.67. The highest BCUT2D eigenvalue weighted by Crippen LogP contribution is 2.17. The zero-order valence-corrected chi connectivity index (χ0v) is 13.0. The summed E-state index contributed by atoms with van der Waals surface area (Å²) in [6.45, 7) is 1.73. The lowest BCUT2D eigenvalue weighted by Gasteiger charge is -2.14. The molecule has 2 aromatic rings. The summed E-state index contributed by atoms with van der Waals surface area (Å²) in [6, 6.07) is 8.75. The molecule has 0 unspecified atom stereocenters. The van der Waals surface area contributed by atoms with Crippen molar-refractivity contribution in [3.05, 3.63) is 59.9 Å². The lowest BCUT2D eigenvalue weighted by atomic mass is 10.1. The van der Waals surface area contributed by atoms with Crippen LogP contribution in [0.25, 0.3) is 0 Å². The molecule has 1 aromatic carbocycles. The molecule has 1 aromatic heterocycles. The van der Waals surface area contributed by atoms with Gasteiger partial charge in [-0.1, -0.05) is 6.07 Å². The molecule has 116 valence electrons. The van der Waals surface area contributed by atoms with Gasteiger partial charge >= 0.3 is 5.97 Å². The minimum Gasteiger partial charge on any atom is -0.465 e. The van der Waals surface area contributed by atoms with Gasteiger partial charge in [-0.3, -0.25) is 4.98 Å². The molecular formula is C15H16N2O4S. The Morgan fingerprint density at radius 3 is 2.55 bits per heavy atom. The maximum atomic E-state index is 12.4.